The summed E-state index contributed by atoms with van der Waals surface area (Å²) in [5, 5.41) is 13.9. The quantitative estimate of drug-likeness (QED) is 0.667. The van der Waals surface area contributed by atoms with Gasteiger partial charge in [0.15, 0.2) is 0 Å². The number of pyridine rings is 1. The van der Waals surface area contributed by atoms with Crippen molar-refractivity contribution in [1.29, 1.82) is 0 Å². The molecule has 1 fully saturated rings. The van der Waals surface area contributed by atoms with Crippen LogP contribution in [0, 0.1) is 16.0 Å². The summed E-state index contributed by atoms with van der Waals surface area (Å²) in [7, 11) is 0. The fourth-order valence-electron chi connectivity index (χ4n) is 1.91. The fourth-order valence-corrected chi connectivity index (χ4v) is 2.23. The van der Waals surface area contributed by atoms with Gasteiger partial charge >= 0.3 is 5.69 Å². The molecular weight excluding hydrogens is 302 g/mol. The van der Waals surface area contributed by atoms with Gasteiger partial charge in [0.1, 0.15) is 0 Å². The maximum Gasteiger partial charge on any atom is 0.312 e. The van der Waals surface area contributed by atoms with E-state index in [0.29, 0.717) is 22.8 Å². The number of nitrogens with one attached hydrogen (secondary N) is 1. The third-order valence-electron chi connectivity index (χ3n) is 2.90. The first-order chi connectivity index (χ1) is 8.66. The molecule has 0 aromatic carbocycles. The minimum atomic E-state index is -0.432. The van der Waals surface area contributed by atoms with Crippen LogP contribution in [-0.4, -0.2) is 29.7 Å². The number of hydrogen-bond acceptors (Lipinski definition) is 5. The SMILES string of the molecule is O=[N+]([O-])c1cc(Br)cnc1NCCC1CCOC1. The topological polar surface area (TPSA) is 77.3 Å². The summed E-state index contributed by atoms with van der Waals surface area (Å²) in [5.41, 5.74) is -0.00736. The third kappa shape index (κ3) is 3.39. The van der Waals surface area contributed by atoms with Crippen LogP contribution in [0.5, 0.6) is 0 Å². The van der Waals surface area contributed by atoms with Gasteiger partial charge in [-0.3, -0.25) is 10.1 Å². The van der Waals surface area contributed by atoms with Crippen molar-refractivity contribution >= 4 is 27.4 Å². The Kier molecular flexibility index (Phi) is 4.48. The summed E-state index contributed by atoms with van der Waals surface area (Å²) in [6, 6.07) is 1.45. The Bertz CT molecular complexity index is 436. The van der Waals surface area contributed by atoms with Crippen molar-refractivity contribution in [1.82, 2.24) is 4.98 Å². The smallest absolute Gasteiger partial charge is 0.312 e. The standard InChI is InChI=1S/C11H14BrN3O3/c12-9-5-10(15(16)17)11(14-6-9)13-3-1-8-2-4-18-7-8/h5-6,8H,1-4,7H2,(H,13,14). The highest BCUT2D eigenvalue weighted by Crippen LogP contribution is 2.25. The van der Waals surface area contributed by atoms with Crippen molar-refractivity contribution < 1.29 is 9.66 Å². The van der Waals surface area contributed by atoms with Crippen LogP contribution in [0.4, 0.5) is 11.5 Å². The summed E-state index contributed by atoms with van der Waals surface area (Å²) in [6.45, 7) is 2.28. The summed E-state index contributed by atoms with van der Waals surface area (Å²) in [4.78, 5) is 14.5. The first-order valence-corrected chi connectivity index (χ1v) is 6.57. The lowest BCUT2D eigenvalue weighted by Gasteiger charge is -2.09. The molecule has 98 valence electrons. The number of anilines is 1. The van der Waals surface area contributed by atoms with Crippen molar-refractivity contribution in [3.05, 3.63) is 26.9 Å². The second-order valence-electron chi connectivity index (χ2n) is 4.22. The largest absolute Gasteiger partial charge is 0.381 e. The summed E-state index contributed by atoms with van der Waals surface area (Å²) in [6.07, 6.45) is 3.56. The lowest BCUT2D eigenvalue weighted by atomic mass is 10.1. The summed E-state index contributed by atoms with van der Waals surface area (Å²) in [5.74, 6) is 0.870. The first kappa shape index (κ1) is 13.2. The Balaban J connectivity index is 1.93. The number of hydrogen-bond donors (Lipinski definition) is 1. The van der Waals surface area contributed by atoms with Gasteiger partial charge in [-0.1, -0.05) is 0 Å². The first-order valence-electron chi connectivity index (χ1n) is 5.78. The van der Waals surface area contributed by atoms with Crippen molar-refractivity contribution in [2.24, 2.45) is 5.92 Å². The molecule has 0 saturated carbocycles. The summed E-state index contributed by atoms with van der Waals surface area (Å²) < 4.78 is 5.88. The van der Waals surface area contributed by atoms with Crippen molar-refractivity contribution in [2.75, 3.05) is 25.1 Å². The molecule has 7 heteroatoms. The molecular formula is C11H14BrN3O3. The monoisotopic (exact) mass is 315 g/mol. The number of halogens is 1. The van der Waals surface area contributed by atoms with Gasteiger partial charge in [-0.2, -0.15) is 0 Å². The zero-order valence-electron chi connectivity index (χ0n) is 9.76. The number of nitro groups is 1. The van der Waals surface area contributed by atoms with Gasteiger partial charge in [0.25, 0.3) is 0 Å². The molecule has 18 heavy (non-hydrogen) atoms. The second-order valence-corrected chi connectivity index (χ2v) is 5.14. The molecule has 1 aliphatic rings. The van der Waals surface area contributed by atoms with Crippen LogP contribution in [0.15, 0.2) is 16.7 Å². The molecule has 1 unspecified atom stereocenters. The molecule has 1 aliphatic heterocycles. The molecule has 1 aromatic rings. The van der Waals surface area contributed by atoms with E-state index in [9.17, 15) is 10.1 Å². The Labute approximate surface area is 113 Å². The second kappa shape index (κ2) is 6.10. The highest BCUT2D eigenvalue weighted by atomic mass is 79.9. The Morgan fingerprint density at radius 2 is 2.50 bits per heavy atom. The lowest BCUT2D eigenvalue weighted by molar-refractivity contribution is -0.384. The molecule has 1 saturated heterocycles. The van der Waals surface area contributed by atoms with Crippen LogP contribution in [0.25, 0.3) is 0 Å². The predicted molar refractivity (Wildman–Crippen MR) is 70.6 cm³/mol. The van der Waals surface area contributed by atoms with E-state index < -0.39 is 4.92 Å². The third-order valence-corrected chi connectivity index (χ3v) is 3.33. The lowest BCUT2D eigenvalue weighted by Crippen LogP contribution is -2.11. The van der Waals surface area contributed by atoms with Crippen molar-refractivity contribution in [3.63, 3.8) is 0 Å². The number of rotatable bonds is 5. The van der Waals surface area contributed by atoms with Crippen LogP contribution in [0.3, 0.4) is 0 Å². The van der Waals surface area contributed by atoms with E-state index in [2.05, 4.69) is 26.2 Å². The Morgan fingerprint density at radius 3 is 3.17 bits per heavy atom. The highest BCUT2D eigenvalue weighted by molar-refractivity contribution is 9.10. The van der Waals surface area contributed by atoms with E-state index in [1.165, 1.54) is 6.07 Å². The molecule has 0 bridgehead atoms. The normalized spacial score (nSPS) is 18.8. The van der Waals surface area contributed by atoms with Crippen LogP contribution >= 0.6 is 15.9 Å². The van der Waals surface area contributed by atoms with E-state index in [0.717, 1.165) is 26.1 Å². The Hall–Kier alpha value is -1.21. The molecule has 6 nitrogen and oxygen atoms in total. The molecule has 1 N–H and O–H groups in total. The van der Waals surface area contributed by atoms with Gasteiger partial charge in [-0.15, -0.1) is 0 Å². The molecule has 1 aromatic heterocycles. The maximum atomic E-state index is 10.9. The van der Waals surface area contributed by atoms with Crippen molar-refractivity contribution in [3.8, 4) is 0 Å². The van der Waals surface area contributed by atoms with Gasteiger partial charge in [-0.25, -0.2) is 4.98 Å². The molecule has 2 heterocycles. The molecule has 0 spiro atoms. The molecule has 0 radical (unpaired) electrons. The van der Waals surface area contributed by atoms with Crippen LogP contribution in [0.1, 0.15) is 12.8 Å². The van der Waals surface area contributed by atoms with Gasteiger partial charge in [-0.05, 0) is 34.7 Å². The zero-order chi connectivity index (χ0) is 13.0. The average Bonchev–Trinajstić information content (AvgIpc) is 2.84. The van der Waals surface area contributed by atoms with Crippen molar-refractivity contribution in [2.45, 2.75) is 12.8 Å². The number of aromatic nitrogens is 1. The van der Waals surface area contributed by atoms with E-state index >= 15 is 0 Å². The highest BCUT2D eigenvalue weighted by Gasteiger charge is 2.18. The summed E-state index contributed by atoms with van der Waals surface area (Å²) >= 11 is 3.18. The molecule has 2 rings (SSSR count). The van der Waals surface area contributed by atoms with E-state index in [1.54, 1.807) is 6.20 Å². The fraction of sp³-hybridized carbons (Fsp3) is 0.545. The van der Waals surface area contributed by atoms with Crippen LogP contribution in [-0.2, 0) is 4.74 Å². The van der Waals surface area contributed by atoms with Crippen LogP contribution in [0.2, 0.25) is 0 Å². The predicted octanol–water partition coefficient (Wildman–Crippen LogP) is 2.59. The molecule has 0 amide bonds. The number of nitrogens with zero attached hydrogens (tertiary/aromatic N) is 2. The number of ether oxygens (including phenoxy) is 1. The van der Waals surface area contributed by atoms with Crippen LogP contribution < -0.4 is 5.32 Å². The van der Waals surface area contributed by atoms with E-state index in [4.69, 9.17) is 4.74 Å². The molecule has 1 atom stereocenters. The Morgan fingerprint density at radius 1 is 1.67 bits per heavy atom. The van der Waals surface area contributed by atoms with Gasteiger partial charge in [0.2, 0.25) is 5.82 Å². The molecule has 0 aliphatic carbocycles. The van der Waals surface area contributed by atoms with Gasteiger partial charge in [0, 0.05) is 36.5 Å². The van der Waals surface area contributed by atoms with Gasteiger partial charge < -0.3 is 10.1 Å². The average molecular weight is 316 g/mol. The maximum absolute atomic E-state index is 10.9. The zero-order valence-corrected chi connectivity index (χ0v) is 11.4. The van der Waals surface area contributed by atoms with E-state index in [-0.39, 0.29) is 5.69 Å². The van der Waals surface area contributed by atoms with E-state index in [1.807, 2.05) is 0 Å². The minimum absolute atomic E-state index is 0.00736. The minimum Gasteiger partial charge on any atom is -0.381 e. The van der Waals surface area contributed by atoms with Gasteiger partial charge in [0.05, 0.1) is 4.92 Å².